The highest BCUT2D eigenvalue weighted by Gasteiger charge is 2.11. The molecule has 0 radical (unpaired) electrons. The monoisotopic (exact) mass is 304 g/mol. The van der Waals surface area contributed by atoms with Crippen molar-refractivity contribution in [3.8, 4) is 5.75 Å². The quantitative estimate of drug-likeness (QED) is 0.844. The summed E-state index contributed by atoms with van der Waals surface area (Å²) in [5, 5.41) is 2.97. The van der Waals surface area contributed by atoms with Gasteiger partial charge in [0.25, 0.3) is 5.91 Å². The minimum absolute atomic E-state index is 0.128. The third kappa shape index (κ3) is 4.20. The molecule has 21 heavy (non-hydrogen) atoms. The third-order valence-electron chi connectivity index (χ3n) is 3.01. The Morgan fingerprint density at radius 2 is 2.19 bits per heavy atom. The summed E-state index contributed by atoms with van der Waals surface area (Å²) in [6.07, 6.45) is 2.59. The summed E-state index contributed by atoms with van der Waals surface area (Å²) in [5.74, 6) is 0.424. The van der Waals surface area contributed by atoms with Crippen LogP contribution in [0.1, 0.15) is 30.6 Å². The van der Waals surface area contributed by atoms with E-state index < -0.39 is 0 Å². The van der Waals surface area contributed by atoms with Crippen molar-refractivity contribution in [2.75, 3.05) is 5.32 Å². The first-order valence-electron chi connectivity index (χ1n) is 6.78. The highest BCUT2D eigenvalue weighted by molar-refractivity contribution is 6.33. The van der Waals surface area contributed by atoms with E-state index in [1.807, 2.05) is 19.1 Å². The number of anilines is 1. The van der Waals surface area contributed by atoms with Crippen molar-refractivity contribution in [3.05, 3.63) is 53.3 Å². The fraction of sp³-hybridized carbons (Fsp3) is 0.250. The summed E-state index contributed by atoms with van der Waals surface area (Å²) >= 11 is 5.91. The lowest BCUT2D eigenvalue weighted by atomic mass is 10.2. The molecule has 1 aromatic carbocycles. The van der Waals surface area contributed by atoms with Gasteiger partial charge in [0.15, 0.2) is 0 Å². The Hall–Kier alpha value is -2.07. The smallest absolute Gasteiger partial charge is 0.258 e. The fourth-order valence-corrected chi connectivity index (χ4v) is 1.92. The average Bonchev–Trinajstić information content (AvgIpc) is 2.47. The van der Waals surface area contributed by atoms with E-state index in [0.29, 0.717) is 11.3 Å². The number of benzene rings is 1. The maximum Gasteiger partial charge on any atom is 0.258 e. The molecule has 0 aliphatic heterocycles. The van der Waals surface area contributed by atoms with Crippen LogP contribution in [0, 0.1) is 0 Å². The number of rotatable bonds is 5. The molecule has 1 amide bonds. The summed E-state index contributed by atoms with van der Waals surface area (Å²) in [6, 6.07) is 10.6. The van der Waals surface area contributed by atoms with Crippen LogP contribution in [-0.4, -0.2) is 17.0 Å². The zero-order valence-corrected chi connectivity index (χ0v) is 12.7. The molecular weight excluding hydrogens is 288 g/mol. The number of pyridine rings is 1. The molecule has 0 aliphatic carbocycles. The molecule has 2 rings (SSSR count). The van der Waals surface area contributed by atoms with Crippen LogP contribution in [0.3, 0.4) is 0 Å². The highest BCUT2D eigenvalue weighted by Crippen LogP contribution is 2.21. The number of carbonyl (C=O) groups excluding carboxylic acids is 1. The van der Waals surface area contributed by atoms with E-state index in [4.69, 9.17) is 16.3 Å². The van der Waals surface area contributed by atoms with Gasteiger partial charge >= 0.3 is 0 Å². The number of aromatic nitrogens is 1. The van der Waals surface area contributed by atoms with Crippen LogP contribution in [0.4, 0.5) is 5.69 Å². The average molecular weight is 305 g/mol. The topological polar surface area (TPSA) is 51.2 Å². The minimum Gasteiger partial charge on any atom is -0.491 e. The Morgan fingerprint density at radius 1 is 1.38 bits per heavy atom. The van der Waals surface area contributed by atoms with E-state index in [0.717, 1.165) is 12.2 Å². The van der Waals surface area contributed by atoms with Crippen molar-refractivity contribution in [2.45, 2.75) is 26.4 Å². The van der Waals surface area contributed by atoms with Gasteiger partial charge in [-0.2, -0.15) is 0 Å². The lowest BCUT2D eigenvalue weighted by Gasteiger charge is -2.13. The molecule has 0 saturated carbocycles. The van der Waals surface area contributed by atoms with Crippen molar-refractivity contribution < 1.29 is 9.53 Å². The van der Waals surface area contributed by atoms with Gasteiger partial charge < -0.3 is 10.1 Å². The number of ether oxygens (including phenoxy) is 1. The SMILES string of the molecule is CCC(C)Oc1cccc(NC(=O)c2cccnc2Cl)c1. The van der Waals surface area contributed by atoms with E-state index in [1.165, 1.54) is 0 Å². The van der Waals surface area contributed by atoms with Gasteiger partial charge in [-0.25, -0.2) is 4.98 Å². The van der Waals surface area contributed by atoms with Crippen LogP contribution in [0.5, 0.6) is 5.75 Å². The minimum atomic E-state index is -0.297. The van der Waals surface area contributed by atoms with Crippen LogP contribution >= 0.6 is 11.6 Å². The molecule has 1 aromatic heterocycles. The van der Waals surface area contributed by atoms with Gasteiger partial charge in [-0.1, -0.05) is 24.6 Å². The second kappa shape index (κ2) is 7.09. The molecule has 4 nitrogen and oxygen atoms in total. The summed E-state index contributed by atoms with van der Waals surface area (Å²) in [4.78, 5) is 16.0. The molecular formula is C16H17ClN2O2. The van der Waals surface area contributed by atoms with E-state index in [2.05, 4.69) is 17.2 Å². The van der Waals surface area contributed by atoms with Crippen LogP contribution < -0.4 is 10.1 Å². The number of nitrogens with zero attached hydrogens (tertiary/aromatic N) is 1. The first kappa shape index (κ1) is 15.3. The maximum atomic E-state index is 12.1. The molecule has 0 spiro atoms. The van der Waals surface area contributed by atoms with Crippen LogP contribution in [0.2, 0.25) is 5.15 Å². The summed E-state index contributed by atoms with van der Waals surface area (Å²) in [6.45, 7) is 4.06. The molecule has 110 valence electrons. The largest absolute Gasteiger partial charge is 0.491 e. The van der Waals surface area contributed by atoms with Gasteiger partial charge in [-0.05, 0) is 37.6 Å². The zero-order valence-electron chi connectivity index (χ0n) is 12.0. The van der Waals surface area contributed by atoms with Crippen molar-refractivity contribution in [1.29, 1.82) is 0 Å². The molecule has 1 heterocycles. The molecule has 1 N–H and O–H groups in total. The first-order chi connectivity index (χ1) is 10.1. The molecule has 0 bridgehead atoms. The lowest BCUT2D eigenvalue weighted by molar-refractivity contribution is 0.102. The molecule has 0 fully saturated rings. The van der Waals surface area contributed by atoms with Gasteiger partial charge in [-0.15, -0.1) is 0 Å². The van der Waals surface area contributed by atoms with E-state index in [1.54, 1.807) is 30.5 Å². The summed E-state index contributed by atoms with van der Waals surface area (Å²) < 4.78 is 5.73. The van der Waals surface area contributed by atoms with Crippen LogP contribution in [-0.2, 0) is 0 Å². The zero-order chi connectivity index (χ0) is 15.2. The summed E-state index contributed by atoms with van der Waals surface area (Å²) in [5.41, 5.74) is 0.994. The van der Waals surface area contributed by atoms with E-state index in [9.17, 15) is 4.79 Å². The Morgan fingerprint density at radius 3 is 2.90 bits per heavy atom. The lowest BCUT2D eigenvalue weighted by Crippen LogP contribution is -2.13. The predicted octanol–water partition coefficient (Wildman–Crippen LogP) is 4.16. The molecule has 5 heteroatoms. The Bertz CT molecular complexity index is 631. The van der Waals surface area contributed by atoms with Crippen LogP contribution in [0.15, 0.2) is 42.6 Å². The molecule has 1 unspecified atom stereocenters. The normalized spacial score (nSPS) is 11.8. The molecule has 1 atom stereocenters. The van der Waals surface area contributed by atoms with Crippen molar-refractivity contribution >= 4 is 23.2 Å². The number of hydrogen-bond acceptors (Lipinski definition) is 3. The fourth-order valence-electron chi connectivity index (χ4n) is 1.72. The number of halogens is 1. The Kier molecular flexibility index (Phi) is 5.17. The van der Waals surface area contributed by atoms with Gasteiger partial charge in [-0.3, -0.25) is 4.79 Å². The maximum absolute atomic E-state index is 12.1. The van der Waals surface area contributed by atoms with Crippen LogP contribution in [0.25, 0.3) is 0 Å². The molecule has 0 aliphatic rings. The van der Waals surface area contributed by atoms with Crippen molar-refractivity contribution in [2.24, 2.45) is 0 Å². The number of carbonyl (C=O) groups is 1. The summed E-state index contributed by atoms with van der Waals surface area (Å²) in [7, 11) is 0. The van der Waals surface area contributed by atoms with Crippen molar-refractivity contribution in [3.63, 3.8) is 0 Å². The molecule has 0 saturated heterocycles. The number of hydrogen-bond donors (Lipinski definition) is 1. The van der Waals surface area contributed by atoms with Gasteiger partial charge in [0.1, 0.15) is 10.9 Å². The van der Waals surface area contributed by atoms with E-state index in [-0.39, 0.29) is 17.2 Å². The van der Waals surface area contributed by atoms with Gasteiger partial charge in [0.2, 0.25) is 0 Å². The predicted molar refractivity (Wildman–Crippen MR) is 84.0 cm³/mol. The second-order valence-electron chi connectivity index (χ2n) is 4.66. The van der Waals surface area contributed by atoms with Gasteiger partial charge in [0.05, 0.1) is 11.7 Å². The van der Waals surface area contributed by atoms with Gasteiger partial charge in [0, 0.05) is 18.0 Å². The number of nitrogens with one attached hydrogen (secondary N) is 1. The second-order valence-corrected chi connectivity index (χ2v) is 5.02. The molecule has 2 aromatic rings. The highest BCUT2D eigenvalue weighted by atomic mass is 35.5. The Labute approximate surface area is 129 Å². The number of amides is 1. The van der Waals surface area contributed by atoms with Crippen molar-refractivity contribution in [1.82, 2.24) is 4.98 Å². The standard InChI is InChI=1S/C16H17ClN2O2/c1-3-11(2)21-13-7-4-6-12(10-13)19-16(20)14-8-5-9-18-15(14)17/h4-11H,3H2,1-2H3,(H,19,20). The Balaban J connectivity index is 2.11. The first-order valence-corrected chi connectivity index (χ1v) is 7.16. The third-order valence-corrected chi connectivity index (χ3v) is 3.31. The van der Waals surface area contributed by atoms with E-state index >= 15 is 0 Å².